The third-order valence-corrected chi connectivity index (χ3v) is 6.74. The van der Waals surface area contributed by atoms with E-state index in [4.69, 9.17) is 9.15 Å². The van der Waals surface area contributed by atoms with Crippen LogP contribution in [0.3, 0.4) is 0 Å². The number of tetrazole rings is 1. The molecule has 2 aromatic heterocycles. The van der Waals surface area contributed by atoms with Crippen LogP contribution in [0.4, 0.5) is 4.39 Å². The van der Waals surface area contributed by atoms with Crippen LogP contribution < -0.4 is 10.1 Å². The second kappa shape index (κ2) is 11.9. The van der Waals surface area contributed by atoms with Crippen molar-refractivity contribution in [3.05, 3.63) is 84.1 Å². The number of amides is 2. The molecule has 0 spiro atoms. The lowest BCUT2D eigenvalue weighted by Gasteiger charge is -2.30. The number of carbonyl (C=O) groups excluding carboxylic acids is 2. The van der Waals surface area contributed by atoms with E-state index in [1.807, 2.05) is 0 Å². The van der Waals surface area contributed by atoms with Gasteiger partial charge in [0.25, 0.3) is 5.91 Å². The van der Waals surface area contributed by atoms with E-state index >= 15 is 0 Å². The Kier molecular flexibility index (Phi) is 7.95. The maximum atomic E-state index is 13.8. The predicted octanol–water partition coefficient (Wildman–Crippen LogP) is 3.91. The van der Waals surface area contributed by atoms with Crippen LogP contribution >= 0.6 is 0 Å². The summed E-state index contributed by atoms with van der Waals surface area (Å²) in [6.45, 7) is -0.221. The molecule has 0 unspecified atom stereocenters. The normalized spacial score (nSPS) is 14.2. The molecule has 39 heavy (non-hydrogen) atoms. The zero-order valence-electron chi connectivity index (χ0n) is 21.5. The van der Waals surface area contributed by atoms with Crippen LogP contribution in [0.15, 0.2) is 71.3 Å². The standard InChI is InChI=1S/C28H29FN6O4/c1-38-23-14-10-20(11-15-23)27-31-33-35(32-27)18-25(36)34(17-19-8-12-21(29)13-9-19)26(24-7-4-16-39-24)28(37)30-22-5-2-3-6-22/h4,7-16,22,26H,2-3,5-6,17-18H2,1H3,(H,30,37)/t26-/m0/s1. The van der Waals surface area contributed by atoms with Crippen LogP contribution in [-0.4, -0.2) is 50.1 Å². The van der Waals surface area contributed by atoms with E-state index in [-0.39, 0.29) is 25.0 Å². The van der Waals surface area contributed by atoms with Gasteiger partial charge in [-0.25, -0.2) is 4.39 Å². The molecule has 11 heteroatoms. The number of nitrogens with zero attached hydrogens (tertiary/aromatic N) is 5. The molecule has 0 bridgehead atoms. The Labute approximate surface area is 224 Å². The van der Waals surface area contributed by atoms with Crippen LogP contribution in [0.1, 0.15) is 43.0 Å². The van der Waals surface area contributed by atoms with Crippen molar-refractivity contribution >= 4 is 11.8 Å². The summed E-state index contributed by atoms with van der Waals surface area (Å²) in [4.78, 5) is 30.0. The van der Waals surface area contributed by atoms with Gasteiger partial charge in [0.05, 0.1) is 13.4 Å². The minimum atomic E-state index is -1.04. The molecule has 0 saturated heterocycles. The van der Waals surface area contributed by atoms with Gasteiger partial charge < -0.3 is 19.4 Å². The summed E-state index contributed by atoms with van der Waals surface area (Å²) in [7, 11) is 1.58. The molecule has 1 N–H and O–H groups in total. The van der Waals surface area contributed by atoms with Crippen molar-refractivity contribution in [2.75, 3.05) is 7.11 Å². The summed E-state index contributed by atoms with van der Waals surface area (Å²) in [5.41, 5.74) is 1.36. The Hall–Kier alpha value is -4.54. The van der Waals surface area contributed by atoms with E-state index in [0.29, 0.717) is 28.5 Å². The Bertz CT molecular complexity index is 1380. The number of aromatic nitrogens is 4. The number of hydrogen-bond acceptors (Lipinski definition) is 7. The monoisotopic (exact) mass is 532 g/mol. The number of methoxy groups -OCH3 is 1. The highest BCUT2D eigenvalue weighted by atomic mass is 19.1. The number of rotatable bonds is 10. The van der Waals surface area contributed by atoms with Crippen LogP contribution in [0.2, 0.25) is 0 Å². The van der Waals surface area contributed by atoms with Crippen molar-refractivity contribution in [1.29, 1.82) is 0 Å². The first kappa shape index (κ1) is 26.1. The van der Waals surface area contributed by atoms with Gasteiger partial charge in [0, 0.05) is 18.2 Å². The number of ether oxygens (including phenoxy) is 1. The first-order chi connectivity index (χ1) is 19.0. The van der Waals surface area contributed by atoms with Crippen molar-refractivity contribution < 1.29 is 23.1 Å². The molecular weight excluding hydrogens is 503 g/mol. The lowest BCUT2D eigenvalue weighted by molar-refractivity contribution is -0.143. The van der Waals surface area contributed by atoms with E-state index in [1.165, 1.54) is 28.1 Å². The largest absolute Gasteiger partial charge is 0.497 e. The molecule has 1 aliphatic carbocycles. The maximum absolute atomic E-state index is 13.8. The minimum Gasteiger partial charge on any atom is -0.497 e. The van der Waals surface area contributed by atoms with E-state index in [9.17, 15) is 14.0 Å². The SMILES string of the molecule is COc1ccc(-c2nnn(CC(=O)N(Cc3ccc(F)cc3)[C@H](C(=O)NC3CCCC3)c3ccco3)n2)cc1. The maximum Gasteiger partial charge on any atom is 0.250 e. The molecule has 1 saturated carbocycles. The molecule has 2 aromatic carbocycles. The van der Waals surface area contributed by atoms with Gasteiger partial charge in [-0.05, 0) is 72.1 Å². The fourth-order valence-electron chi connectivity index (χ4n) is 4.71. The van der Waals surface area contributed by atoms with Crippen molar-refractivity contribution in [2.24, 2.45) is 0 Å². The van der Waals surface area contributed by atoms with Gasteiger partial charge in [0.1, 0.15) is 23.9 Å². The van der Waals surface area contributed by atoms with E-state index in [2.05, 4.69) is 20.7 Å². The van der Waals surface area contributed by atoms with E-state index in [1.54, 1.807) is 55.6 Å². The topological polar surface area (TPSA) is 115 Å². The van der Waals surface area contributed by atoms with E-state index < -0.39 is 17.8 Å². The number of benzene rings is 2. The molecule has 4 aromatic rings. The Morgan fingerprint density at radius 3 is 2.54 bits per heavy atom. The molecule has 0 aliphatic heterocycles. The van der Waals surface area contributed by atoms with Gasteiger partial charge >= 0.3 is 0 Å². The summed E-state index contributed by atoms with van der Waals surface area (Å²) in [5.74, 6) is 0.205. The Morgan fingerprint density at radius 1 is 1.13 bits per heavy atom. The number of furan rings is 1. The van der Waals surface area contributed by atoms with Crippen LogP contribution in [0.5, 0.6) is 5.75 Å². The van der Waals surface area contributed by atoms with Gasteiger partial charge in [0.15, 0.2) is 6.04 Å². The Balaban J connectivity index is 1.42. The first-order valence-corrected chi connectivity index (χ1v) is 12.8. The number of halogens is 1. The molecule has 1 aliphatic rings. The second-order valence-electron chi connectivity index (χ2n) is 9.43. The lowest BCUT2D eigenvalue weighted by Crippen LogP contribution is -2.46. The van der Waals surface area contributed by atoms with E-state index in [0.717, 1.165) is 25.7 Å². The minimum absolute atomic E-state index is 0.0433. The highest BCUT2D eigenvalue weighted by Gasteiger charge is 2.35. The molecular formula is C28H29FN6O4. The quantitative estimate of drug-likeness (QED) is 0.329. The highest BCUT2D eigenvalue weighted by molar-refractivity contribution is 5.88. The number of carbonyl (C=O) groups is 2. The van der Waals surface area contributed by atoms with Gasteiger partial charge in [-0.3, -0.25) is 9.59 Å². The molecule has 0 radical (unpaired) electrons. The van der Waals surface area contributed by atoms with Crippen molar-refractivity contribution in [2.45, 2.75) is 50.9 Å². The fraction of sp³-hybridized carbons (Fsp3) is 0.321. The van der Waals surface area contributed by atoms with Crippen LogP contribution in [0.25, 0.3) is 11.4 Å². The average Bonchev–Trinajstić information content (AvgIpc) is 3.74. The molecule has 1 atom stereocenters. The average molecular weight is 533 g/mol. The first-order valence-electron chi connectivity index (χ1n) is 12.8. The Morgan fingerprint density at radius 2 is 1.87 bits per heavy atom. The zero-order chi connectivity index (χ0) is 27.2. The number of hydrogen-bond donors (Lipinski definition) is 1. The third-order valence-electron chi connectivity index (χ3n) is 6.74. The molecule has 10 nitrogen and oxygen atoms in total. The predicted molar refractivity (Wildman–Crippen MR) is 139 cm³/mol. The summed E-state index contributed by atoms with van der Waals surface area (Å²) in [6.07, 6.45) is 5.33. The van der Waals surface area contributed by atoms with Gasteiger partial charge in [-0.1, -0.05) is 25.0 Å². The smallest absolute Gasteiger partial charge is 0.250 e. The summed E-state index contributed by atoms with van der Waals surface area (Å²) < 4.78 is 24.4. The van der Waals surface area contributed by atoms with Crippen molar-refractivity contribution in [1.82, 2.24) is 30.4 Å². The molecule has 5 rings (SSSR count). The summed E-state index contributed by atoms with van der Waals surface area (Å²) >= 11 is 0. The van der Waals surface area contributed by atoms with Crippen molar-refractivity contribution in [3.8, 4) is 17.1 Å². The third kappa shape index (κ3) is 6.31. The molecule has 202 valence electrons. The highest BCUT2D eigenvalue weighted by Crippen LogP contribution is 2.27. The molecule has 2 amide bonds. The van der Waals surface area contributed by atoms with Crippen LogP contribution in [0, 0.1) is 5.82 Å². The summed E-state index contributed by atoms with van der Waals surface area (Å²) in [6, 6.07) is 15.3. The van der Waals surface area contributed by atoms with Crippen LogP contribution in [-0.2, 0) is 22.7 Å². The lowest BCUT2D eigenvalue weighted by atomic mass is 10.1. The number of nitrogens with one attached hydrogen (secondary N) is 1. The van der Waals surface area contributed by atoms with Gasteiger partial charge in [-0.2, -0.15) is 4.80 Å². The molecule has 1 fully saturated rings. The molecule has 2 heterocycles. The second-order valence-corrected chi connectivity index (χ2v) is 9.43. The van der Waals surface area contributed by atoms with Gasteiger partial charge in [-0.15, -0.1) is 10.2 Å². The summed E-state index contributed by atoms with van der Waals surface area (Å²) in [5, 5.41) is 15.6. The fourth-order valence-corrected chi connectivity index (χ4v) is 4.71. The van der Waals surface area contributed by atoms with Crippen molar-refractivity contribution in [3.63, 3.8) is 0 Å². The van der Waals surface area contributed by atoms with Gasteiger partial charge in [0.2, 0.25) is 11.7 Å². The zero-order valence-corrected chi connectivity index (χ0v) is 21.5.